The lowest BCUT2D eigenvalue weighted by molar-refractivity contribution is -0.127. The normalized spacial score (nSPS) is 10.6. The van der Waals surface area contributed by atoms with Gasteiger partial charge in [-0.3, -0.25) is 4.79 Å². The van der Waals surface area contributed by atoms with Crippen LogP contribution in [0.2, 0.25) is 0 Å². The third kappa shape index (κ3) is 5.55. The fourth-order valence-electron chi connectivity index (χ4n) is 2.53. The van der Waals surface area contributed by atoms with Crippen LogP contribution in [0.3, 0.4) is 0 Å². The van der Waals surface area contributed by atoms with Gasteiger partial charge in [0.05, 0.1) is 5.75 Å². The van der Waals surface area contributed by atoms with E-state index in [0.29, 0.717) is 12.3 Å². The molecule has 7 heteroatoms. The summed E-state index contributed by atoms with van der Waals surface area (Å²) in [6, 6.07) is 16.2. The van der Waals surface area contributed by atoms with Crippen LogP contribution in [0, 0.1) is 13.8 Å². The Kier molecular flexibility index (Phi) is 6.47. The standard InChI is InChI=1S/C20H22N4OS2/c1-14-7-6-10-17(11-14)21-19-22-23-20(27-19)26-13-18(25)24(3)12-16-9-5-4-8-15(16)2/h4-11H,12-13H2,1-3H3,(H,21,22). The molecule has 0 spiro atoms. The van der Waals surface area contributed by atoms with Gasteiger partial charge in [0.15, 0.2) is 4.34 Å². The average Bonchev–Trinajstić information content (AvgIpc) is 3.09. The number of benzene rings is 2. The maximum absolute atomic E-state index is 12.4. The fraction of sp³-hybridized carbons (Fsp3) is 0.250. The van der Waals surface area contributed by atoms with Crippen LogP contribution in [0.1, 0.15) is 16.7 Å². The van der Waals surface area contributed by atoms with Crippen molar-refractivity contribution in [2.75, 3.05) is 18.1 Å². The van der Waals surface area contributed by atoms with E-state index in [-0.39, 0.29) is 5.91 Å². The van der Waals surface area contributed by atoms with Crippen molar-refractivity contribution in [1.82, 2.24) is 15.1 Å². The largest absolute Gasteiger partial charge is 0.341 e. The summed E-state index contributed by atoms with van der Waals surface area (Å²) in [4.78, 5) is 14.2. The second-order valence-electron chi connectivity index (χ2n) is 6.33. The summed E-state index contributed by atoms with van der Waals surface area (Å²) < 4.78 is 0.780. The Hall–Kier alpha value is -2.38. The van der Waals surface area contributed by atoms with Gasteiger partial charge < -0.3 is 10.2 Å². The van der Waals surface area contributed by atoms with Crippen LogP contribution in [0.5, 0.6) is 0 Å². The molecule has 1 heterocycles. The van der Waals surface area contributed by atoms with Gasteiger partial charge in [0.1, 0.15) is 0 Å². The highest BCUT2D eigenvalue weighted by Gasteiger charge is 2.13. The molecule has 0 aliphatic heterocycles. The predicted molar refractivity (Wildman–Crippen MR) is 113 cm³/mol. The maximum atomic E-state index is 12.4. The van der Waals surface area contributed by atoms with E-state index in [1.54, 1.807) is 4.90 Å². The SMILES string of the molecule is Cc1cccc(Nc2nnc(SCC(=O)N(C)Cc3ccccc3C)s2)c1. The molecule has 0 fully saturated rings. The third-order valence-corrected chi connectivity index (χ3v) is 6.05. The van der Waals surface area contributed by atoms with Crippen molar-refractivity contribution in [1.29, 1.82) is 0 Å². The van der Waals surface area contributed by atoms with Crippen LogP contribution in [-0.2, 0) is 11.3 Å². The number of amides is 1. The Labute approximate surface area is 167 Å². The van der Waals surface area contributed by atoms with Crippen LogP contribution in [0.25, 0.3) is 0 Å². The van der Waals surface area contributed by atoms with Crippen LogP contribution < -0.4 is 5.32 Å². The van der Waals surface area contributed by atoms with E-state index < -0.39 is 0 Å². The van der Waals surface area contributed by atoms with Gasteiger partial charge in [-0.25, -0.2) is 0 Å². The van der Waals surface area contributed by atoms with Gasteiger partial charge >= 0.3 is 0 Å². The number of anilines is 2. The first-order valence-corrected chi connectivity index (χ1v) is 10.4. The minimum atomic E-state index is 0.0756. The lowest BCUT2D eigenvalue weighted by atomic mass is 10.1. The molecule has 3 rings (SSSR count). The van der Waals surface area contributed by atoms with Crippen molar-refractivity contribution >= 4 is 39.8 Å². The molecule has 0 saturated carbocycles. The summed E-state index contributed by atoms with van der Waals surface area (Å²) in [5.41, 5.74) is 4.53. The number of aryl methyl sites for hydroxylation is 2. The summed E-state index contributed by atoms with van der Waals surface area (Å²) in [5, 5.41) is 12.3. The quantitative estimate of drug-likeness (QED) is 0.587. The number of carbonyl (C=O) groups is 1. The Morgan fingerprint density at radius 1 is 1.15 bits per heavy atom. The van der Waals surface area contributed by atoms with Crippen molar-refractivity contribution in [2.24, 2.45) is 0 Å². The van der Waals surface area contributed by atoms with Crippen molar-refractivity contribution in [3.8, 4) is 0 Å². The molecule has 0 aliphatic carbocycles. The number of aromatic nitrogens is 2. The second-order valence-corrected chi connectivity index (χ2v) is 8.53. The van der Waals surface area contributed by atoms with E-state index in [4.69, 9.17) is 0 Å². The second kappa shape index (κ2) is 9.01. The van der Waals surface area contributed by atoms with Gasteiger partial charge in [-0.15, -0.1) is 10.2 Å². The summed E-state index contributed by atoms with van der Waals surface area (Å²) in [6.45, 7) is 4.72. The fourth-order valence-corrected chi connectivity index (χ4v) is 4.24. The Balaban J connectivity index is 1.52. The van der Waals surface area contributed by atoms with E-state index in [1.165, 1.54) is 39.8 Å². The minimum absolute atomic E-state index is 0.0756. The molecule has 27 heavy (non-hydrogen) atoms. The molecule has 0 saturated heterocycles. The maximum Gasteiger partial charge on any atom is 0.233 e. The van der Waals surface area contributed by atoms with Crippen molar-refractivity contribution in [2.45, 2.75) is 24.7 Å². The highest BCUT2D eigenvalue weighted by atomic mass is 32.2. The summed E-state index contributed by atoms with van der Waals surface area (Å²) in [6.07, 6.45) is 0. The first kappa shape index (κ1) is 19.4. The zero-order valence-corrected chi connectivity index (χ0v) is 17.2. The molecule has 1 amide bonds. The number of hydrogen-bond acceptors (Lipinski definition) is 6. The molecule has 0 unspecified atom stereocenters. The topological polar surface area (TPSA) is 58.1 Å². The molecule has 1 aromatic heterocycles. The minimum Gasteiger partial charge on any atom is -0.341 e. The number of thioether (sulfide) groups is 1. The molecule has 1 N–H and O–H groups in total. The highest BCUT2D eigenvalue weighted by molar-refractivity contribution is 8.01. The smallest absolute Gasteiger partial charge is 0.233 e. The lowest BCUT2D eigenvalue weighted by Crippen LogP contribution is -2.28. The van der Waals surface area contributed by atoms with Crippen LogP contribution in [0.4, 0.5) is 10.8 Å². The number of carbonyl (C=O) groups excluding carboxylic acids is 1. The van der Waals surface area contributed by atoms with Crippen LogP contribution >= 0.6 is 23.1 Å². The Morgan fingerprint density at radius 2 is 1.96 bits per heavy atom. The average molecular weight is 399 g/mol. The highest BCUT2D eigenvalue weighted by Crippen LogP contribution is 2.28. The predicted octanol–water partition coefficient (Wildman–Crippen LogP) is 4.65. The van der Waals surface area contributed by atoms with Gasteiger partial charge in [0.2, 0.25) is 11.0 Å². The number of nitrogens with one attached hydrogen (secondary N) is 1. The third-order valence-electron chi connectivity index (χ3n) is 4.09. The van der Waals surface area contributed by atoms with Gasteiger partial charge in [0.25, 0.3) is 0 Å². The van der Waals surface area contributed by atoms with E-state index in [2.05, 4.69) is 40.6 Å². The summed E-state index contributed by atoms with van der Waals surface area (Å²) >= 11 is 2.87. The molecular formula is C20H22N4OS2. The zero-order valence-electron chi connectivity index (χ0n) is 15.6. The first-order valence-electron chi connectivity index (χ1n) is 8.60. The van der Waals surface area contributed by atoms with Crippen LogP contribution in [0.15, 0.2) is 52.9 Å². The Morgan fingerprint density at radius 3 is 2.74 bits per heavy atom. The molecule has 0 bridgehead atoms. The van der Waals surface area contributed by atoms with Crippen LogP contribution in [-0.4, -0.2) is 33.8 Å². The molecule has 0 atom stereocenters. The van der Waals surface area contributed by atoms with E-state index >= 15 is 0 Å². The molecule has 0 aliphatic rings. The number of rotatable bonds is 7. The summed E-state index contributed by atoms with van der Waals surface area (Å²) in [7, 11) is 1.83. The number of hydrogen-bond donors (Lipinski definition) is 1. The van der Waals surface area contributed by atoms with E-state index in [9.17, 15) is 4.79 Å². The van der Waals surface area contributed by atoms with Gasteiger partial charge in [-0.1, -0.05) is 59.5 Å². The molecule has 0 radical (unpaired) electrons. The molecular weight excluding hydrogens is 376 g/mol. The van der Waals surface area contributed by atoms with Crippen molar-refractivity contribution in [3.05, 3.63) is 65.2 Å². The van der Waals surface area contributed by atoms with Crippen molar-refractivity contribution < 1.29 is 4.79 Å². The van der Waals surface area contributed by atoms with E-state index in [0.717, 1.165) is 15.2 Å². The van der Waals surface area contributed by atoms with Crippen molar-refractivity contribution in [3.63, 3.8) is 0 Å². The lowest BCUT2D eigenvalue weighted by Gasteiger charge is -2.18. The number of nitrogens with zero attached hydrogens (tertiary/aromatic N) is 3. The van der Waals surface area contributed by atoms with E-state index in [1.807, 2.05) is 44.3 Å². The molecule has 5 nitrogen and oxygen atoms in total. The molecule has 3 aromatic rings. The monoisotopic (exact) mass is 398 g/mol. The molecule has 140 valence electrons. The van der Waals surface area contributed by atoms with Gasteiger partial charge in [-0.2, -0.15) is 0 Å². The molecule has 2 aromatic carbocycles. The van der Waals surface area contributed by atoms with Gasteiger partial charge in [-0.05, 0) is 42.7 Å². The first-order chi connectivity index (χ1) is 13.0. The summed E-state index contributed by atoms with van der Waals surface area (Å²) in [5.74, 6) is 0.424. The zero-order chi connectivity index (χ0) is 19.2. The Bertz CT molecular complexity index is 926. The van der Waals surface area contributed by atoms with Gasteiger partial charge in [0, 0.05) is 19.3 Å².